The summed E-state index contributed by atoms with van der Waals surface area (Å²) in [6, 6.07) is 6.02. The standard InChI is InChI=1S/C17H25F2N3O2.2ClH/c1-17(2,3)14(20)15(23)21-11-8-9-22(10-11)12-6-4-5-7-13(12)24-16(18)19;;/h4-7,11,14,16H,8-10,20H2,1-3H3,(H,21,23);2*1H/t11?,14-;;/m1../s1. The molecule has 1 saturated heterocycles. The Morgan fingerprint density at radius 1 is 1.31 bits per heavy atom. The number of alkyl halides is 2. The van der Waals surface area contributed by atoms with Crippen molar-refractivity contribution in [2.45, 2.75) is 45.9 Å². The number of nitrogens with zero attached hydrogens (tertiary/aromatic N) is 1. The smallest absolute Gasteiger partial charge is 0.387 e. The van der Waals surface area contributed by atoms with Gasteiger partial charge < -0.3 is 20.7 Å². The molecule has 1 amide bonds. The molecule has 1 unspecified atom stereocenters. The fourth-order valence-corrected chi connectivity index (χ4v) is 2.70. The van der Waals surface area contributed by atoms with E-state index in [4.69, 9.17) is 5.73 Å². The molecule has 1 aliphatic rings. The van der Waals surface area contributed by atoms with Crippen molar-refractivity contribution in [3.05, 3.63) is 24.3 Å². The molecular weight excluding hydrogens is 387 g/mol. The maximum absolute atomic E-state index is 12.5. The van der Waals surface area contributed by atoms with E-state index in [9.17, 15) is 13.6 Å². The van der Waals surface area contributed by atoms with Gasteiger partial charge in [-0.2, -0.15) is 8.78 Å². The minimum Gasteiger partial charge on any atom is -0.433 e. The number of anilines is 1. The third-order valence-electron chi connectivity index (χ3n) is 4.17. The first kappa shape index (κ1) is 24.7. The molecule has 0 aliphatic carbocycles. The van der Waals surface area contributed by atoms with Crippen LogP contribution in [0.4, 0.5) is 14.5 Å². The molecule has 1 aromatic carbocycles. The molecule has 1 aliphatic heterocycles. The maximum atomic E-state index is 12.5. The molecule has 26 heavy (non-hydrogen) atoms. The van der Waals surface area contributed by atoms with Crippen LogP contribution in [0, 0.1) is 5.41 Å². The first-order valence-electron chi connectivity index (χ1n) is 8.03. The number of benzene rings is 1. The number of nitrogens with one attached hydrogen (secondary N) is 1. The highest BCUT2D eigenvalue weighted by molar-refractivity contribution is 5.85. The summed E-state index contributed by atoms with van der Waals surface area (Å²) in [6.07, 6.45) is 0.728. The van der Waals surface area contributed by atoms with Crippen molar-refractivity contribution >= 4 is 36.4 Å². The molecule has 1 fully saturated rings. The summed E-state index contributed by atoms with van der Waals surface area (Å²) in [5.41, 5.74) is 6.25. The number of carbonyl (C=O) groups is 1. The van der Waals surface area contributed by atoms with E-state index in [0.717, 1.165) is 6.42 Å². The van der Waals surface area contributed by atoms with Gasteiger partial charge in [0.2, 0.25) is 5.91 Å². The summed E-state index contributed by atoms with van der Waals surface area (Å²) in [6.45, 7) is 4.06. The SMILES string of the molecule is CC(C)(C)[C@H](N)C(=O)NC1CCN(c2ccccc2OC(F)F)C1.Cl.Cl. The monoisotopic (exact) mass is 413 g/mol. The molecule has 0 aromatic heterocycles. The Bertz CT molecular complexity index is 585. The summed E-state index contributed by atoms with van der Waals surface area (Å²) >= 11 is 0. The fraction of sp³-hybridized carbons (Fsp3) is 0.588. The third kappa shape index (κ3) is 6.45. The molecule has 0 spiro atoms. The van der Waals surface area contributed by atoms with Gasteiger partial charge in [0.05, 0.1) is 11.7 Å². The van der Waals surface area contributed by atoms with Crippen LogP contribution in [0.3, 0.4) is 0 Å². The highest BCUT2D eigenvalue weighted by Gasteiger charge is 2.31. The Labute approximate surface area is 165 Å². The van der Waals surface area contributed by atoms with Crippen molar-refractivity contribution in [2.75, 3.05) is 18.0 Å². The van der Waals surface area contributed by atoms with Crippen LogP contribution < -0.4 is 20.7 Å². The number of rotatable bonds is 5. The van der Waals surface area contributed by atoms with Gasteiger partial charge in [-0.05, 0) is 24.0 Å². The minimum absolute atomic E-state index is 0. The lowest BCUT2D eigenvalue weighted by molar-refractivity contribution is -0.125. The van der Waals surface area contributed by atoms with Gasteiger partial charge in [0.1, 0.15) is 5.75 Å². The van der Waals surface area contributed by atoms with Gasteiger partial charge in [-0.25, -0.2) is 0 Å². The highest BCUT2D eigenvalue weighted by Crippen LogP contribution is 2.31. The van der Waals surface area contributed by atoms with Crippen LogP contribution >= 0.6 is 24.8 Å². The van der Waals surface area contributed by atoms with Gasteiger partial charge in [0.15, 0.2) is 0 Å². The number of nitrogens with two attached hydrogens (primary N) is 1. The molecule has 0 saturated carbocycles. The molecular formula is C17H27Cl2F2N3O2. The largest absolute Gasteiger partial charge is 0.433 e. The molecule has 9 heteroatoms. The zero-order chi connectivity index (χ0) is 17.9. The molecule has 2 atom stereocenters. The number of hydrogen-bond donors (Lipinski definition) is 2. The Kier molecular flexibility index (Phi) is 9.62. The Hall–Kier alpha value is -1.31. The molecule has 3 N–H and O–H groups in total. The van der Waals surface area contributed by atoms with E-state index in [1.54, 1.807) is 18.2 Å². The van der Waals surface area contributed by atoms with Crippen LogP contribution in [-0.4, -0.2) is 37.7 Å². The molecule has 1 aromatic rings. The molecule has 5 nitrogen and oxygen atoms in total. The van der Waals surface area contributed by atoms with E-state index < -0.39 is 12.7 Å². The third-order valence-corrected chi connectivity index (χ3v) is 4.17. The predicted molar refractivity (Wildman–Crippen MR) is 104 cm³/mol. The van der Waals surface area contributed by atoms with E-state index in [1.807, 2.05) is 25.7 Å². The Balaban J connectivity index is 0.00000312. The van der Waals surface area contributed by atoms with Crippen LogP contribution in [0.2, 0.25) is 0 Å². The number of para-hydroxylation sites is 2. The van der Waals surface area contributed by atoms with Crippen LogP contribution in [-0.2, 0) is 4.79 Å². The van der Waals surface area contributed by atoms with Gasteiger partial charge in [-0.3, -0.25) is 4.79 Å². The lowest BCUT2D eigenvalue weighted by Crippen LogP contribution is -2.51. The Morgan fingerprint density at radius 2 is 1.92 bits per heavy atom. The molecule has 0 bridgehead atoms. The number of hydrogen-bond acceptors (Lipinski definition) is 4. The van der Waals surface area contributed by atoms with Crippen LogP contribution in [0.25, 0.3) is 0 Å². The van der Waals surface area contributed by atoms with Gasteiger partial charge in [-0.1, -0.05) is 32.9 Å². The topological polar surface area (TPSA) is 67.6 Å². The van der Waals surface area contributed by atoms with Crippen LogP contribution in [0.1, 0.15) is 27.2 Å². The quantitative estimate of drug-likeness (QED) is 0.777. The number of halogens is 4. The van der Waals surface area contributed by atoms with Gasteiger partial charge in [0, 0.05) is 19.1 Å². The van der Waals surface area contributed by atoms with E-state index in [1.165, 1.54) is 6.07 Å². The maximum Gasteiger partial charge on any atom is 0.387 e. The minimum atomic E-state index is -2.87. The lowest BCUT2D eigenvalue weighted by atomic mass is 9.87. The van der Waals surface area contributed by atoms with Crippen LogP contribution in [0.5, 0.6) is 5.75 Å². The summed E-state index contributed by atoms with van der Waals surface area (Å²) in [4.78, 5) is 14.2. The average Bonchev–Trinajstić information content (AvgIpc) is 2.93. The second-order valence-corrected chi connectivity index (χ2v) is 7.13. The molecule has 2 rings (SSSR count). The van der Waals surface area contributed by atoms with E-state index in [0.29, 0.717) is 18.8 Å². The van der Waals surface area contributed by atoms with Crippen molar-refractivity contribution < 1.29 is 18.3 Å². The summed E-state index contributed by atoms with van der Waals surface area (Å²) < 4.78 is 29.6. The average molecular weight is 414 g/mol. The summed E-state index contributed by atoms with van der Waals surface area (Å²) in [7, 11) is 0. The summed E-state index contributed by atoms with van der Waals surface area (Å²) in [5, 5.41) is 2.95. The first-order valence-corrected chi connectivity index (χ1v) is 8.03. The van der Waals surface area contributed by atoms with Gasteiger partial charge >= 0.3 is 6.61 Å². The second-order valence-electron chi connectivity index (χ2n) is 7.13. The van der Waals surface area contributed by atoms with Crippen molar-refractivity contribution in [3.8, 4) is 5.75 Å². The second kappa shape index (κ2) is 10.1. The first-order chi connectivity index (χ1) is 11.2. The number of amides is 1. The molecule has 1 heterocycles. The van der Waals surface area contributed by atoms with Gasteiger partial charge in [-0.15, -0.1) is 24.8 Å². The van der Waals surface area contributed by atoms with Crippen LogP contribution in [0.15, 0.2) is 24.3 Å². The van der Waals surface area contributed by atoms with Crippen molar-refractivity contribution in [3.63, 3.8) is 0 Å². The normalized spacial score (nSPS) is 18.0. The lowest BCUT2D eigenvalue weighted by Gasteiger charge is -2.27. The molecule has 150 valence electrons. The zero-order valence-electron chi connectivity index (χ0n) is 15.1. The predicted octanol–water partition coefficient (Wildman–Crippen LogP) is 3.20. The number of ether oxygens (including phenoxy) is 1. The van der Waals surface area contributed by atoms with E-state index >= 15 is 0 Å². The van der Waals surface area contributed by atoms with Crippen molar-refractivity contribution in [2.24, 2.45) is 11.1 Å². The van der Waals surface area contributed by atoms with E-state index in [-0.39, 0.29) is 47.9 Å². The fourth-order valence-electron chi connectivity index (χ4n) is 2.70. The summed E-state index contributed by atoms with van der Waals surface area (Å²) in [5.74, 6) is -0.0441. The number of carbonyl (C=O) groups excluding carboxylic acids is 1. The van der Waals surface area contributed by atoms with Crippen molar-refractivity contribution in [1.29, 1.82) is 0 Å². The molecule has 0 radical (unpaired) electrons. The highest BCUT2D eigenvalue weighted by atomic mass is 35.5. The van der Waals surface area contributed by atoms with E-state index in [2.05, 4.69) is 10.1 Å². The zero-order valence-corrected chi connectivity index (χ0v) is 16.7. The van der Waals surface area contributed by atoms with Crippen molar-refractivity contribution in [1.82, 2.24) is 5.32 Å². The van der Waals surface area contributed by atoms with Gasteiger partial charge in [0.25, 0.3) is 0 Å². The Morgan fingerprint density at radius 3 is 2.50 bits per heavy atom.